The van der Waals surface area contributed by atoms with Crippen LogP contribution >= 0.6 is 12.6 Å². The highest BCUT2D eigenvalue weighted by atomic mass is 32.1. The minimum Gasteiger partial charge on any atom is -0.486 e. The molecule has 0 aliphatic heterocycles. The van der Waals surface area contributed by atoms with Crippen LogP contribution in [-0.2, 0) is 0 Å². The summed E-state index contributed by atoms with van der Waals surface area (Å²) in [6.45, 7) is 2.18. The molecule has 17 heavy (non-hydrogen) atoms. The molecule has 5 nitrogen and oxygen atoms in total. The highest BCUT2D eigenvalue weighted by molar-refractivity contribution is 7.80. The maximum absolute atomic E-state index is 10.8. The second-order valence-corrected chi connectivity index (χ2v) is 4.11. The summed E-state index contributed by atoms with van der Waals surface area (Å²) in [6, 6.07) is 3.30. The zero-order valence-corrected chi connectivity index (χ0v) is 10.7. The van der Waals surface area contributed by atoms with E-state index in [0.29, 0.717) is 12.3 Å². The highest BCUT2D eigenvalue weighted by Crippen LogP contribution is 2.24. The first kappa shape index (κ1) is 13.8. The van der Waals surface area contributed by atoms with E-state index in [-0.39, 0.29) is 11.6 Å². The Morgan fingerprint density at radius 1 is 1.41 bits per heavy atom. The van der Waals surface area contributed by atoms with Crippen LogP contribution in [0, 0.1) is 17.0 Å². The van der Waals surface area contributed by atoms with Gasteiger partial charge in [-0.3, -0.25) is 0 Å². The molecule has 0 amide bonds. The second kappa shape index (κ2) is 7.11. The molecule has 0 fully saturated rings. The molecule has 6 heteroatoms. The molecule has 1 rings (SSSR count). The Balaban J connectivity index is 2.55. The molecule has 0 aromatic carbocycles. The predicted octanol–water partition coefficient (Wildman–Crippen LogP) is 2.78. The van der Waals surface area contributed by atoms with Crippen LogP contribution in [0.5, 0.6) is 5.75 Å². The van der Waals surface area contributed by atoms with Crippen molar-refractivity contribution in [2.45, 2.75) is 26.2 Å². The maximum atomic E-state index is 10.8. The first-order valence-corrected chi connectivity index (χ1v) is 6.14. The molecule has 1 heterocycles. The molecule has 1 aromatic rings. The average Bonchev–Trinajstić information content (AvgIpc) is 2.30. The van der Waals surface area contributed by atoms with Gasteiger partial charge >= 0.3 is 5.82 Å². The number of hydrogen-bond acceptors (Lipinski definition) is 5. The van der Waals surface area contributed by atoms with Crippen molar-refractivity contribution in [1.82, 2.24) is 4.98 Å². The van der Waals surface area contributed by atoms with Crippen molar-refractivity contribution < 1.29 is 9.66 Å². The third kappa shape index (κ3) is 4.60. The minimum absolute atomic E-state index is 0.209. The monoisotopic (exact) mass is 256 g/mol. The number of ether oxygens (including phenoxy) is 1. The summed E-state index contributed by atoms with van der Waals surface area (Å²) in [5, 5.41) is 10.8. The third-order valence-electron chi connectivity index (χ3n) is 2.21. The Morgan fingerprint density at radius 2 is 2.18 bits per heavy atom. The topological polar surface area (TPSA) is 65.3 Å². The van der Waals surface area contributed by atoms with E-state index in [0.717, 1.165) is 25.0 Å². The van der Waals surface area contributed by atoms with Crippen LogP contribution in [0.25, 0.3) is 0 Å². The number of aryl methyl sites for hydroxylation is 1. The standard InChI is InChI=1S/C11H16N2O3S/c1-9-5-6-10(11(12-9)13(14)15)16-7-3-2-4-8-17/h5-6,17H,2-4,7-8H2,1H3. The lowest BCUT2D eigenvalue weighted by molar-refractivity contribution is -0.390. The van der Waals surface area contributed by atoms with Gasteiger partial charge in [0.1, 0.15) is 5.69 Å². The van der Waals surface area contributed by atoms with E-state index in [2.05, 4.69) is 17.6 Å². The van der Waals surface area contributed by atoms with Crippen molar-refractivity contribution >= 4 is 18.4 Å². The first-order valence-electron chi connectivity index (χ1n) is 5.51. The van der Waals surface area contributed by atoms with Crippen LogP contribution in [0.4, 0.5) is 5.82 Å². The fraction of sp³-hybridized carbons (Fsp3) is 0.545. The summed E-state index contributed by atoms with van der Waals surface area (Å²) in [4.78, 5) is 14.1. The molecule has 0 N–H and O–H groups in total. The van der Waals surface area contributed by atoms with Gasteiger partial charge in [0.2, 0.25) is 5.75 Å². The van der Waals surface area contributed by atoms with Gasteiger partial charge in [-0.05, 0) is 47.1 Å². The number of unbranched alkanes of at least 4 members (excludes halogenated alkanes) is 2. The molecule has 0 spiro atoms. The van der Waals surface area contributed by atoms with Crippen molar-refractivity contribution in [3.05, 3.63) is 27.9 Å². The van der Waals surface area contributed by atoms with Gasteiger partial charge in [0.15, 0.2) is 0 Å². The SMILES string of the molecule is Cc1ccc(OCCCCCS)c([N+](=O)[O-])n1. The van der Waals surface area contributed by atoms with Crippen molar-refractivity contribution in [2.75, 3.05) is 12.4 Å². The van der Waals surface area contributed by atoms with Gasteiger partial charge < -0.3 is 14.9 Å². The number of hydrogen-bond donors (Lipinski definition) is 1. The van der Waals surface area contributed by atoms with Crippen LogP contribution in [0.2, 0.25) is 0 Å². The number of nitro groups is 1. The second-order valence-electron chi connectivity index (χ2n) is 3.66. The van der Waals surface area contributed by atoms with Gasteiger partial charge in [-0.25, -0.2) is 0 Å². The number of pyridine rings is 1. The summed E-state index contributed by atoms with van der Waals surface area (Å²) in [7, 11) is 0. The van der Waals surface area contributed by atoms with Gasteiger partial charge in [-0.15, -0.1) is 0 Å². The first-order chi connectivity index (χ1) is 8.15. The summed E-state index contributed by atoms with van der Waals surface area (Å²) in [5.74, 6) is 0.886. The van der Waals surface area contributed by atoms with Crippen LogP contribution in [0.1, 0.15) is 25.0 Å². The normalized spacial score (nSPS) is 10.2. The number of thiol groups is 1. The third-order valence-corrected chi connectivity index (χ3v) is 2.53. The number of nitrogens with zero attached hydrogens (tertiary/aromatic N) is 2. The molecule has 0 aliphatic carbocycles. The van der Waals surface area contributed by atoms with Gasteiger partial charge in [-0.1, -0.05) is 0 Å². The molecule has 0 unspecified atom stereocenters. The zero-order valence-electron chi connectivity index (χ0n) is 9.76. The van der Waals surface area contributed by atoms with E-state index in [4.69, 9.17) is 4.74 Å². The lowest BCUT2D eigenvalue weighted by atomic mass is 10.3. The van der Waals surface area contributed by atoms with Crippen molar-refractivity contribution in [3.63, 3.8) is 0 Å². The van der Waals surface area contributed by atoms with Crippen molar-refractivity contribution in [2.24, 2.45) is 0 Å². The smallest absolute Gasteiger partial charge is 0.406 e. The Bertz CT molecular complexity index is 385. The largest absolute Gasteiger partial charge is 0.486 e. The molecule has 0 bridgehead atoms. The van der Waals surface area contributed by atoms with Crippen LogP contribution < -0.4 is 4.74 Å². The predicted molar refractivity (Wildman–Crippen MR) is 68.8 cm³/mol. The van der Waals surface area contributed by atoms with E-state index < -0.39 is 4.92 Å². The fourth-order valence-corrected chi connectivity index (χ4v) is 1.57. The zero-order chi connectivity index (χ0) is 12.7. The van der Waals surface area contributed by atoms with Crippen LogP contribution in [0.15, 0.2) is 12.1 Å². The Labute approximate surface area is 106 Å². The fourth-order valence-electron chi connectivity index (χ4n) is 1.35. The summed E-state index contributed by atoms with van der Waals surface area (Å²) >= 11 is 4.11. The van der Waals surface area contributed by atoms with E-state index in [1.54, 1.807) is 19.1 Å². The van der Waals surface area contributed by atoms with E-state index >= 15 is 0 Å². The quantitative estimate of drug-likeness (QED) is 0.352. The Hall–Kier alpha value is -1.30. The van der Waals surface area contributed by atoms with Crippen molar-refractivity contribution in [3.8, 4) is 5.75 Å². The van der Waals surface area contributed by atoms with E-state index in [1.807, 2.05) is 0 Å². The average molecular weight is 256 g/mol. The molecular weight excluding hydrogens is 240 g/mol. The molecule has 0 atom stereocenters. The Morgan fingerprint density at radius 3 is 2.82 bits per heavy atom. The molecule has 0 radical (unpaired) electrons. The molecule has 0 saturated carbocycles. The van der Waals surface area contributed by atoms with Crippen molar-refractivity contribution in [1.29, 1.82) is 0 Å². The van der Waals surface area contributed by atoms with E-state index in [1.165, 1.54) is 0 Å². The number of rotatable bonds is 7. The lowest BCUT2D eigenvalue weighted by Gasteiger charge is -2.05. The molecule has 94 valence electrons. The minimum atomic E-state index is -0.518. The summed E-state index contributed by atoms with van der Waals surface area (Å²) in [5.41, 5.74) is 0.610. The molecule has 1 aromatic heterocycles. The maximum Gasteiger partial charge on any atom is 0.406 e. The van der Waals surface area contributed by atoms with Gasteiger partial charge in [0.25, 0.3) is 0 Å². The van der Waals surface area contributed by atoms with Gasteiger partial charge in [-0.2, -0.15) is 12.6 Å². The molecular formula is C11H16N2O3S. The summed E-state index contributed by atoms with van der Waals surface area (Å²) < 4.78 is 5.37. The molecule has 0 aliphatic rings. The van der Waals surface area contributed by atoms with Gasteiger partial charge in [0, 0.05) is 6.92 Å². The molecule has 0 saturated heterocycles. The summed E-state index contributed by atoms with van der Waals surface area (Å²) in [6.07, 6.45) is 2.91. The number of aromatic nitrogens is 1. The highest BCUT2D eigenvalue weighted by Gasteiger charge is 2.17. The van der Waals surface area contributed by atoms with Crippen LogP contribution in [-0.4, -0.2) is 22.3 Å². The van der Waals surface area contributed by atoms with Crippen LogP contribution in [0.3, 0.4) is 0 Å². The van der Waals surface area contributed by atoms with Gasteiger partial charge in [0.05, 0.1) is 6.61 Å². The Kier molecular flexibility index (Phi) is 5.76. The lowest BCUT2D eigenvalue weighted by Crippen LogP contribution is -2.03. The van der Waals surface area contributed by atoms with E-state index in [9.17, 15) is 10.1 Å².